The Morgan fingerprint density at radius 2 is 1.70 bits per heavy atom. The Bertz CT molecular complexity index is 598. The van der Waals surface area contributed by atoms with Crippen LogP contribution in [0, 0.1) is 13.8 Å². The first kappa shape index (κ1) is 13.4. The van der Waals surface area contributed by atoms with Crippen LogP contribution in [0.5, 0.6) is 0 Å². The zero-order valence-corrected chi connectivity index (χ0v) is 12.6. The molecule has 0 bridgehead atoms. The largest absolute Gasteiger partial charge is 0.303 e. The summed E-state index contributed by atoms with van der Waals surface area (Å²) in [5.74, 6) is 0. The maximum atomic E-state index is 3.80. The molecule has 0 radical (unpaired) electrons. The van der Waals surface area contributed by atoms with Crippen LogP contribution in [0.1, 0.15) is 53.2 Å². The predicted octanol–water partition coefficient (Wildman–Crippen LogP) is 4.64. The highest BCUT2D eigenvalue weighted by atomic mass is 14.9. The Morgan fingerprint density at radius 1 is 1.00 bits per heavy atom. The normalized spacial score (nSPS) is 18.9. The van der Waals surface area contributed by atoms with Gasteiger partial charge in [0.25, 0.3) is 0 Å². The van der Waals surface area contributed by atoms with E-state index in [1.807, 2.05) is 0 Å². The van der Waals surface area contributed by atoms with Gasteiger partial charge in [-0.25, -0.2) is 0 Å². The summed E-state index contributed by atoms with van der Waals surface area (Å²) in [4.78, 5) is 0. The van der Waals surface area contributed by atoms with E-state index in [9.17, 15) is 0 Å². The molecule has 3 rings (SSSR count). The standard InChI is InChI=1S/C19H23N/c1-13-4-7-16(8-5-13)15(3)20-19-11-10-17-9-6-14(2)12-18(17)19/h4-9,12,15,19-20H,10-11H2,1-3H3/t15-,19?/m0/s1. The van der Waals surface area contributed by atoms with E-state index in [-0.39, 0.29) is 0 Å². The highest BCUT2D eigenvalue weighted by Gasteiger charge is 2.23. The molecule has 0 saturated heterocycles. The van der Waals surface area contributed by atoms with Crippen LogP contribution < -0.4 is 5.32 Å². The summed E-state index contributed by atoms with van der Waals surface area (Å²) in [6.45, 7) is 6.58. The molecule has 1 heteroatoms. The van der Waals surface area contributed by atoms with Crippen LogP contribution >= 0.6 is 0 Å². The van der Waals surface area contributed by atoms with Gasteiger partial charge in [0.1, 0.15) is 0 Å². The molecule has 0 aromatic heterocycles. The quantitative estimate of drug-likeness (QED) is 0.852. The zero-order valence-electron chi connectivity index (χ0n) is 12.6. The van der Waals surface area contributed by atoms with Gasteiger partial charge in [0.05, 0.1) is 0 Å². The maximum Gasteiger partial charge on any atom is 0.0331 e. The fourth-order valence-electron chi connectivity index (χ4n) is 3.15. The van der Waals surface area contributed by atoms with Crippen molar-refractivity contribution in [2.75, 3.05) is 0 Å². The van der Waals surface area contributed by atoms with Crippen molar-refractivity contribution in [1.29, 1.82) is 0 Å². The van der Waals surface area contributed by atoms with E-state index in [4.69, 9.17) is 0 Å². The average Bonchev–Trinajstić information content (AvgIpc) is 2.82. The van der Waals surface area contributed by atoms with E-state index in [0.29, 0.717) is 12.1 Å². The molecule has 1 aliphatic rings. The second kappa shape index (κ2) is 5.41. The molecule has 0 aliphatic heterocycles. The number of fused-ring (bicyclic) bond motifs is 1. The van der Waals surface area contributed by atoms with Gasteiger partial charge in [-0.15, -0.1) is 0 Å². The summed E-state index contributed by atoms with van der Waals surface area (Å²) in [6, 6.07) is 16.6. The Morgan fingerprint density at radius 3 is 2.45 bits per heavy atom. The van der Waals surface area contributed by atoms with Crippen LogP contribution in [0.25, 0.3) is 0 Å². The third-order valence-corrected chi connectivity index (χ3v) is 4.41. The van der Waals surface area contributed by atoms with E-state index in [1.165, 1.54) is 40.7 Å². The van der Waals surface area contributed by atoms with Gasteiger partial charge in [-0.3, -0.25) is 0 Å². The van der Waals surface area contributed by atoms with Crippen molar-refractivity contribution in [2.24, 2.45) is 0 Å². The van der Waals surface area contributed by atoms with Gasteiger partial charge >= 0.3 is 0 Å². The van der Waals surface area contributed by atoms with Crippen LogP contribution in [0.4, 0.5) is 0 Å². The van der Waals surface area contributed by atoms with Crippen LogP contribution in [-0.4, -0.2) is 0 Å². The summed E-state index contributed by atoms with van der Waals surface area (Å²) >= 11 is 0. The summed E-state index contributed by atoms with van der Waals surface area (Å²) in [5.41, 5.74) is 7.08. The summed E-state index contributed by atoms with van der Waals surface area (Å²) in [7, 11) is 0. The molecule has 0 spiro atoms. The Balaban J connectivity index is 1.76. The molecule has 1 unspecified atom stereocenters. The van der Waals surface area contributed by atoms with Crippen molar-refractivity contribution < 1.29 is 0 Å². The van der Waals surface area contributed by atoms with Gasteiger partial charge in [0, 0.05) is 12.1 Å². The molecular weight excluding hydrogens is 242 g/mol. The number of rotatable bonds is 3. The molecule has 0 fully saturated rings. The molecule has 0 amide bonds. The maximum absolute atomic E-state index is 3.80. The highest BCUT2D eigenvalue weighted by molar-refractivity contribution is 5.38. The number of aryl methyl sites for hydroxylation is 3. The van der Waals surface area contributed by atoms with Crippen LogP contribution in [0.15, 0.2) is 42.5 Å². The smallest absolute Gasteiger partial charge is 0.0331 e. The Kier molecular flexibility index (Phi) is 3.62. The van der Waals surface area contributed by atoms with E-state index in [0.717, 1.165) is 0 Å². The second-order valence-electron chi connectivity index (χ2n) is 6.09. The second-order valence-corrected chi connectivity index (χ2v) is 6.09. The van der Waals surface area contributed by atoms with Crippen molar-refractivity contribution >= 4 is 0 Å². The number of hydrogen-bond donors (Lipinski definition) is 1. The van der Waals surface area contributed by atoms with Crippen molar-refractivity contribution in [3.63, 3.8) is 0 Å². The molecule has 2 aromatic carbocycles. The van der Waals surface area contributed by atoms with Crippen molar-refractivity contribution in [3.05, 3.63) is 70.3 Å². The van der Waals surface area contributed by atoms with Gasteiger partial charge < -0.3 is 5.32 Å². The fourth-order valence-corrected chi connectivity index (χ4v) is 3.15. The molecule has 104 valence electrons. The molecule has 2 atom stereocenters. The monoisotopic (exact) mass is 265 g/mol. The molecular formula is C19H23N. The molecule has 1 N–H and O–H groups in total. The predicted molar refractivity (Wildman–Crippen MR) is 85.0 cm³/mol. The number of nitrogens with one attached hydrogen (secondary N) is 1. The number of hydrogen-bond acceptors (Lipinski definition) is 1. The highest BCUT2D eigenvalue weighted by Crippen LogP contribution is 2.33. The fraction of sp³-hybridized carbons (Fsp3) is 0.368. The van der Waals surface area contributed by atoms with Gasteiger partial charge in [-0.1, -0.05) is 53.6 Å². The van der Waals surface area contributed by atoms with Gasteiger partial charge in [0.15, 0.2) is 0 Å². The topological polar surface area (TPSA) is 12.0 Å². The molecule has 1 nitrogen and oxygen atoms in total. The first-order chi connectivity index (χ1) is 9.63. The SMILES string of the molecule is Cc1ccc([C@H](C)NC2CCc3ccc(C)cc32)cc1. The molecule has 0 heterocycles. The molecule has 2 aromatic rings. The summed E-state index contributed by atoms with van der Waals surface area (Å²) < 4.78 is 0. The lowest BCUT2D eigenvalue weighted by molar-refractivity contribution is 0.465. The van der Waals surface area contributed by atoms with E-state index < -0.39 is 0 Å². The number of benzene rings is 2. The first-order valence-electron chi connectivity index (χ1n) is 7.55. The third-order valence-electron chi connectivity index (χ3n) is 4.41. The average molecular weight is 265 g/mol. The Labute approximate surface area is 122 Å². The van der Waals surface area contributed by atoms with Gasteiger partial charge in [0.2, 0.25) is 0 Å². The zero-order chi connectivity index (χ0) is 14.1. The minimum Gasteiger partial charge on any atom is -0.303 e. The van der Waals surface area contributed by atoms with Crippen molar-refractivity contribution in [2.45, 2.75) is 45.7 Å². The van der Waals surface area contributed by atoms with Crippen LogP contribution in [0.2, 0.25) is 0 Å². The molecule has 0 saturated carbocycles. The van der Waals surface area contributed by atoms with Crippen LogP contribution in [-0.2, 0) is 6.42 Å². The van der Waals surface area contributed by atoms with E-state index >= 15 is 0 Å². The van der Waals surface area contributed by atoms with Crippen molar-refractivity contribution in [3.8, 4) is 0 Å². The van der Waals surface area contributed by atoms with Gasteiger partial charge in [-0.05, 0) is 50.3 Å². The summed E-state index contributed by atoms with van der Waals surface area (Å²) in [6.07, 6.45) is 2.42. The minimum atomic E-state index is 0.395. The lowest BCUT2D eigenvalue weighted by Gasteiger charge is -2.21. The molecule has 20 heavy (non-hydrogen) atoms. The lowest BCUT2D eigenvalue weighted by Crippen LogP contribution is -2.23. The minimum absolute atomic E-state index is 0.395. The lowest BCUT2D eigenvalue weighted by atomic mass is 10.0. The third kappa shape index (κ3) is 2.64. The Hall–Kier alpha value is -1.60. The van der Waals surface area contributed by atoms with E-state index in [1.54, 1.807) is 0 Å². The van der Waals surface area contributed by atoms with Gasteiger partial charge in [-0.2, -0.15) is 0 Å². The van der Waals surface area contributed by atoms with Crippen LogP contribution in [0.3, 0.4) is 0 Å². The molecule has 1 aliphatic carbocycles. The first-order valence-corrected chi connectivity index (χ1v) is 7.55. The van der Waals surface area contributed by atoms with E-state index in [2.05, 4.69) is 68.6 Å². The van der Waals surface area contributed by atoms with Crippen molar-refractivity contribution in [1.82, 2.24) is 5.32 Å². The summed E-state index contributed by atoms with van der Waals surface area (Å²) in [5, 5.41) is 3.80.